The van der Waals surface area contributed by atoms with Crippen LogP contribution in [-0.4, -0.2) is 13.0 Å². The summed E-state index contributed by atoms with van der Waals surface area (Å²) in [5.74, 6) is -2.00. The van der Waals surface area contributed by atoms with Crippen LogP contribution in [0.3, 0.4) is 0 Å². The lowest BCUT2D eigenvalue weighted by molar-refractivity contribution is -0.0955. The number of benzene rings is 1. The minimum atomic E-state index is -2.53. The first-order chi connectivity index (χ1) is 13.4. The van der Waals surface area contributed by atoms with Gasteiger partial charge in [0, 0.05) is 12.3 Å². The number of hydrogen-bond donors (Lipinski definition) is 0. The molecular formula is C24H36F4O. The molecule has 1 nitrogen and oxygen atoms in total. The van der Waals surface area contributed by atoms with Gasteiger partial charge in [0.15, 0.2) is 11.6 Å². The molecule has 166 valence electrons. The summed E-state index contributed by atoms with van der Waals surface area (Å²) in [5, 5.41) is 0. The van der Waals surface area contributed by atoms with Gasteiger partial charge < -0.3 is 4.74 Å². The Morgan fingerprint density at radius 3 is 2.14 bits per heavy atom. The Morgan fingerprint density at radius 2 is 1.59 bits per heavy atom. The Bertz CT molecular complexity index is 617. The van der Waals surface area contributed by atoms with Crippen LogP contribution in [0.25, 0.3) is 0 Å². The molecule has 0 atom stereocenters. The van der Waals surface area contributed by atoms with Crippen molar-refractivity contribution in [3.05, 3.63) is 29.6 Å². The average Bonchev–Trinajstić information content (AvgIpc) is 2.69. The van der Waals surface area contributed by atoms with Crippen molar-refractivity contribution >= 4 is 0 Å². The molecule has 2 saturated carbocycles. The molecule has 2 aliphatic carbocycles. The molecule has 0 bridgehead atoms. The van der Waals surface area contributed by atoms with Gasteiger partial charge in [0.25, 0.3) is 5.92 Å². The van der Waals surface area contributed by atoms with E-state index in [0.717, 1.165) is 50.5 Å². The Morgan fingerprint density at radius 1 is 0.966 bits per heavy atom. The lowest BCUT2D eigenvalue weighted by Crippen LogP contribution is -2.34. The van der Waals surface area contributed by atoms with Crippen molar-refractivity contribution in [2.24, 2.45) is 17.8 Å². The van der Waals surface area contributed by atoms with E-state index in [4.69, 9.17) is 4.74 Å². The molecule has 2 fully saturated rings. The molecule has 0 amide bonds. The van der Waals surface area contributed by atoms with Gasteiger partial charge in [-0.3, -0.25) is 4.70 Å². The second kappa shape index (κ2) is 10.7. The lowest BCUT2D eigenvalue weighted by atomic mass is 9.72. The van der Waals surface area contributed by atoms with Crippen LogP contribution in [0.15, 0.2) is 18.2 Å². The van der Waals surface area contributed by atoms with E-state index in [1.165, 1.54) is 13.5 Å². The molecule has 29 heavy (non-hydrogen) atoms. The third-order valence-electron chi connectivity index (χ3n) is 7.20. The summed E-state index contributed by atoms with van der Waals surface area (Å²) < 4.78 is 48.7. The molecule has 2 aliphatic rings. The van der Waals surface area contributed by atoms with E-state index in [0.29, 0.717) is 18.8 Å². The Kier molecular flexibility index (Phi) is 8.84. The fourth-order valence-electron chi connectivity index (χ4n) is 5.47. The lowest BCUT2D eigenvalue weighted by Gasteiger charge is -2.37. The maximum absolute atomic E-state index is 14.9. The second-order valence-electron chi connectivity index (χ2n) is 9.08. The summed E-state index contributed by atoms with van der Waals surface area (Å²) in [7, 11) is 1.46. The molecule has 0 aromatic heterocycles. The van der Waals surface area contributed by atoms with Crippen LogP contribution in [0.1, 0.15) is 89.0 Å². The van der Waals surface area contributed by atoms with Gasteiger partial charge in [-0.25, -0.2) is 13.2 Å². The van der Waals surface area contributed by atoms with Gasteiger partial charge in [-0.2, -0.15) is 0 Å². The summed E-state index contributed by atoms with van der Waals surface area (Å²) in [6.45, 7) is 2.18. The average molecular weight is 417 g/mol. The van der Waals surface area contributed by atoms with E-state index in [1.807, 2.05) is 6.07 Å². The first-order valence-corrected chi connectivity index (χ1v) is 11.1. The smallest absolute Gasteiger partial charge is 0.251 e. The molecule has 0 saturated heterocycles. The summed E-state index contributed by atoms with van der Waals surface area (Å²) in [4.78, 5) is 0. The minimum absolute atomic E-state index is 0. The standard InChI is InChI=1S/C24H35F3O.FH/c1-3-4-17-7-12-21(13-8-17)24(26,27)16-18-5-9-19(10-6-18)20-11-14-23(28-2)22(25)15-20;/h11,14-15,17-19,21H,3-10,12-13,16H2,1-2H3;1H. The van der Waals surface area contributed by atoms with E-state index in [-0.39, 0.29) is 34.5 Å². The van der Waals surface area contributed by atoms with Gasteiger partial charge in [-0.15, -0.1) is 0 Å². The van der Waals surface area contributed by atoms with Crippen molar-refractivity contribution in [3.8, 4) is 5.75 Å². The van der Waals surface area contributed by atoms with Crippen LogP contribution in [0.4, 0.5) is 17.9 Å². The molecule has 5 heteroatoms. The Balaban J connectivity index is 0.00000300. The van der Waals surface area contributed by atoms with Gasteiger partial charge in [0.05, 0.1) is 7.11 Å². The number of alkyl halides is 2. The molecule has 0 aliphatic heterocycles. The highest BCUT2D eigenvalue weighted by Crippen LogP contribution is 2.46. The number of rotatable bonds is 7. The van der Waals surface area contributed by atoms with Crippen LogP contribution >= 0.6 is 0 Å². The molecule has 3 rings (SSSR count). The molecule has 0 radical (unpaired) electrons. The van der Waals surface area contributed by atoms with E-state index < -0.39 is 11.8 Å². The Hall–Kier alpha value is -1.26. The van der Waals surface area contributed by atoms with E-state index in [2.05, 4.69) is 6.92 Å². The van der Waals surface area contributed by atoms with Crippen molar-refractivity contribution in [1.82, 2.24) is 0 Å². The molecule has 0 N–H and O–H groups in total. The number of halogens is 4. The summed E-state index contributed by atoms with van der Waals surface area (Å²) in [5.41, 5.74) is 0.970. The van der Waals surface area contributed by atoms with Crippen molar-refractivity contribution in [2.45, 2.75) is 89.4 Å². The van der Waals surface area contributed by atoms with Crippen molar-refractivity contribution in [3.63, 3.8) is 0 Å². The van der Waals surface area contributed by atoms with Crippen molar-refractivity contribution in [1.29, 1.82) is 0 Å². The zero-order valence-electron chi connectivity index (χ0n) is 17.8. The van der Waals surface area contributed by atoms with E-state index in [9.17, 15) is 13.2 Å². The van der Waals surface area contributed by atoms with Crippen LogP contribution in [-0.2, 0) is 0 Å². The minimum Gasteiger partial charge on any atom is -0.494 e. The van der Waals surface area contributed by atoms with E-state index >= 15 is 0 Å². The third-order valence-corrected chi connectivity index (χ3v) is 7.20. The highest BCUT2D eigenvalue weighted by molar-refractivity contribution is 5.31. The molecular weight excluding hydrogens is 380 g/mol. The topological polar surface area (TPSA) is 9.23 Å². The number of methoxy groups -OCH3 is 1. The first-order valence-electron chi connectivity index (χ1n) is 11.1. The quantitative estimate of drug-likeness (QED) is 0.411. The number of ether oxygens (including phenoxy) is 1. The predicted octanol–water partition coefficient (Wildman–Crippen LogP) is 7.89. The zero-order chi connectivity index (χ0) is 20.1. The Labute approximate surface area is 172 Å². The highest BCUT2D eigenvalue weighted by Gasteiger charge is 2.43. The van der Waals surface area contributed by atoms with Gasteiger partial charge >= 0.3 is 0 Å². The fourth-order valence-corrected chi connectivity index (χ4v) is 5.47. The fraction of sp³-hybridized carbons (Fsp3) is 0.750. The van der Waals surface area contributed by atoms with Crippen LogP contribution in [0, 0.1) is 23.6 Å². The van der Waals surface area contributed by atoms with Crippen molar-refractivity contribution in [2.75, 3.05) is 7.11 Å². The molecule has 1 aromatic carbocycles. The largest absolute Gasteiger partial charge is 0.494 e. The third kappa shape index (κ3) is 6.11. The van der Waals surface area contributed by atoms with Crippen molar-refractivity contribution < 1.29 is 22.6 Å². The predicted molar refractivity (Wildman–Crippen MR) is 110 cm³/mol. The normalized spacial score (nSPS) is 27.9. The SMILES string of the molecule is CCCC1CCC(C(F)(F)CC2CCC(c3ccc(OC)c(F)c3)CC2)CC1.F. The van der Waals surface area contributed by atoms with Gasteiger partial charge in [-0.05, 0) is 86.8 Å². The van der Waals surface area contributed by atoms with Crippen LogP contribution in [0.2, 0.25) is 0 Å². The summed E-state index contributed by atoms with van der Waals surface area (Å²) in [6.07, 6.45) is 9.11. The molecule has 1 aromatic rings. The highest BCUT2D eigenvalue weighted by atomic mass is 19.3. The first kappa shape index (κ1) is 24.0. The van der Waals surface area contributed by atoms with Crippen LogP contribution in [0.5, 0.6) is 5.75 Å². The maximum Gasteiger partial charge on any atom is 0.251 e. The summed E-state index contributed by atoms with van der Waals surface area (Å²) in [6, 6.07) is 5.13. The molecule has 0 heterocycles. The van der Waals surface area contributed by atoms with E-state index in [1.54, 1.807) is 12.1 Å². The monoisotopic (exact) mass is 416 g/mol. The van der Waals surface area contributed by atoms with Gasteiger partial charge in [0.2, 0.25) is 0 Å². The number of hydrogen-bond acceptors (Lipinski definition) is 1. The summed E-state index contributed by atoms with van der Waals surface area (Å²) >= 11 is 0. The maximum atomic E-state index is 14.9. The van der Waals surface area contributed by atoms with Gasteiger partial charge in [-0.1, -0.05) is 25.8 Å². The molecule has 0 spiro atoms. The second-order valence-corrected chi connectivity index (χ2v) is 9.08. The van der Waals surface area contributed by atoms with Crippen LogP contribution < -0.4 is 4.74 Å². The molecule has 0 unspecified atom stereocenters. The van der Waals surface area contributed by atoms with Gasteiger partial charge in [0.1, 0.15) is 0 Å². The zero-order valence-corrected chi connectivity index (χ0v) is 17.8.